The van der Waals surface area contributed by atoms with Gasteiger partial charge in [0.05, 0.1) is 33.9 Å². The Morgan fingerprint density at radius 1 is 1.29 bits per heavy atom. The van der Waals surface area contributed by atoms with Gasteiger partial charge in [0.2, 0.25) is 0 Å². The van der Waals surface area contributed by atoms with E-state index in [1.807, 2.05) is 0 Å². The first kappa shape index (κ1) is 21.5. The van der Waals surface area contributed by atoms with Crippen LogP contribution in [0.15, 0.2) is 29.2 Å². The van der Waals surface area contributed by atoms with Crippen LogP contribution in [0.1, 0.15) is 21.6 Å². The summed E-state index contributed by atoms with van der Waals surface area (Å²) in [5, 5.41) is 9.65. The minimum Gasteiger partial charge on any atom is -0.380 e. The second kappa shape index (κ2) is 7.16. The van der Waals surface area contributed by atoms with Crippen molar-refractivity contribution in [3.05, 3.63) is 41.1 Å². The van der Waals surface area contributed by atoms with E-state index in [0.29, 0.717) is 26.3 Å². The number of carbonyl (C=O) groups excluding carboxylic acids is 1. The van der Waals surface area contributed by atoms with E-state index in [1.165, 1.54) is 37.4 Å². The van der Waals surface area contributed by atoms with E-state index < -0.39 is 27.5 Å². The smallest absolute Gasteiger partial charge is 0.380 e. The summed E-state index contributed by atoms with van der Waals surface area (Å²) in [6.07, 6.45) is -3.52. The van der Waals surface area contributed by atoms with Gasteiger partial charge in [0.25, 0.3) is 5.91 Å². The number of halogens is 3. The standard InChI is InChI=1S/C19H20F3N5O3S/c1-11-14(17(28)24-12-4-3-5-13(6-12)31(2,23)29)16(26-25-15(11)19(20,21)22)27-7-18(8-27)9-30-10-18/h3-6,23H,7-10H2,1-2H3,(H,24,28). The Hall–Kier alpha value is -2.73. The highest BCUT2D eigenvalue weighted by Gasteiger charge is 2.51. The van der Waals surface area contributed by atoms with E-state index in [2.05, 4.69) is 15.5 Å². The molecule has 4 rings (SSSR count). The van der Waals surface area contributed by atoms with Crippen LogP contribution in [0.5, 0.6) is 0 Å². The number of aromatic nitrogens is 2. The zero-order chi connectivity index (χ0) is 22.6. The molecule has 2 saturated heterocycles. The van der Waals surface area contributed by atoms with Gasteiger partial charge in [0.15, 0.2) is 11.5 Å². The number of carbonyl (C=O) groups is 1. The van der Waals surface area contributed by atoms with Gasteiger partial charge in [-0.05, 0) is 30.7 Å². The lowest BCUT2D eigenvalue weighted by atomic mass is 9.78. The average Bonchev–Trinajstić information content (AvgIpc) is 2.57. The van der Waals surface area contributed by atoms with Gasteiger partial charge in [-0.3, -0.25) is 4.79 Å². The zero-order valence-electron chi connectivity index (χ0n) is 16.7. The second-order valence-corrected chi connectivity index (χ2v) is 10.2. The van der Waals surface area contributed by atoms with E-state index in [-0.39, 0.29) is 32.9 Å². The number of ether oxygens (including phenoxy) is 1. The fourth-order valence-corrected chi connectivity index (χ4v) is 4.46. The predicted molar refractivity (Wildman–Crippen MR) is 107 cm³/mol. The Labute approximate surface area is 176 Å². The van der Waals surface area contributed by atoms with Gasteiger partial charge in [-0.25, -0.2) is 8.99 Å². The van der Waals surface area contributed by atoms with Crippen LogP contribution in [-0.4, -0.2) is 52.9 Å². The fourth-order valence-electron chi connectivity index (χ4n) is 3.77. The highest BCUT2D eigenvalue weighted by molar-refractivity contribution is 7.91. The molecule has 3 heterocycles. The van der Waals surface area contributed by atoms with Crippen molar-refractivity contribution in [2.75, 3.05) is 42.8 Å². The van der Waals surface area contributed by atoms with Crippen LogP contribution in [0.2, 0.25) is 0 Å². The number of anilines is 2. The summed E-state index contributed by atoms with van der Waals surface area (Å²) in [7, 11) is -3.03. The third-order valence-electron chi connectivity index (χ3n) is 5.40. The Balaban J connectivity index is 1.70. The van der Waals surface area contributed by atoms with Gasteiger partial charge >= 0.3 is 6.18 Å². The van der Waals surface area contributed by atoms with Crippen molar-refractivity contribution in [3.8, 4) is 0 Å². The summed E-state index contributed by atoms with van der Waals surface area (Å²) >= 11 is 0. The van der Waals surface area contributed by atoms with Crippen molar-refractivity contribution >= 4 is 27.1 Å². The Morgan fingerprint density at radius 2 is 1.97 bits per heavy atom. The monoisotopic (exact) mass is 455 g/mol. The van der Waals surface area contributed by atoms with Crippen molar-refractivity contribution in [1.29, 1.82) is 4.78 Å². The van der Waals surface area contributed by atoms with E-state index in [0.717, 1.165) is 0 Å². The lowest BCUT2D eigenvalue weighted by molar-refractivity contribution is -0.142. The summed E-state index contributed by atoms with van der Waals surface area (Å²) in [4.78, 5) is 15.0. The van der Waals surface area contributed by atoms with E-state index in [9.17, 15) is 22.2 Å². The van der Waals surface area contributed by atoms with Gasteiger partial charge in [-0.2, -0.15) is 13.2 Å². The summed E-state index contributed by atoms with van der Waals surface area (Å²) in [6.45, 7) is 3.34. The molecule has 1 aromatic carbocycles. The number of benzene rings is 1. The van der Waals surface area contributed by atoms with Crippen LogP contribution in [-0.2, 0) is 20.6 Å². The Bertz CT molecular complexity index is 1150. The van der Waals surface area contributed by atoms with Gasteiger partial charge in [0, 0.05) is 29.9 Å². The highest BCUT2D eigenvalue weighted by atomic mass is 32.2. The summed E-state index contributed by atoms with van der Waals surface area (Å²) in [5.41, 5.74) is -1.59. The third-order valence-corrected chi connectivity index (χ3v) is 6.56. The van der Waals surface area contributed by atoms with Gasteiger partial charge < -0.3 is 15.0 Å². The number of amides is 1. The summed E-state index contributed by atoms with van der Waals surface area (Å²) in [6, 6.07) is 5.87. The number of hydrogen-bond acceptors (Lipinski definition) is 7. The van der Waals surface area contributed by atoms with Gasteiger partial charge in [-0.15, -0.1) is 10.2 Å². The van der Waals surface area contributed by atoms with Crippen molar-refractivity contribution in [3.63, 3.8) is 0 Å². The average molecular weight is 455 g/mol. The van der Waals surface area contributed by atoms with E-state index in [4.69, 9.17) is 9.52 Å². The maximum absolute atomic E-state index is 13.4. The SMILES string of the molecule is Cc1c(C(F)(F)F)nnc(N2CC3(COC3)C2)c1C(=O)Nc1cccc(S(C)(=N)=O)c1. The molecule has 1 spiro atoms. The first-order chi connectivity index (χ1) is 14.4. The number of nitrogens with zero attached hydrogens (tertiary/aromatic N) is 3. The molecule has 2 aliphatic heterocycles. The lowest BCUT2D eigenvalue weighted by Crippen LogP contribution is -2.66. The molecule has 1 atom stereocenters. The highest BCUT2D eigenvalue weighted by Crippen LogP contribution is 2.42. The molecule has 2 fully saturated rings. The molecule has 31 heavy (non-hydrogen) atoms. The van der Waals surface area contributed by atoms with E-state index in [1.54, 1.807) is 4.90 Å². The second-order valence-electron chi connectivity index (χ2n) is 8.04. The third kappa shape index (κ3) is 3.97. The van der Waals surface area contributed by atoms with Crippen LogP contribution in [0, 0.1) is 17.1 Å². The predicted octanol–water partition coefficient (Wildman–Crippen LogP) is 2.93. The molecule has 12 heteroatoms. The molecule has 1 unspecified atom stereocenters. The van der Waals surface area contributed by atoms with Crippen LogP contribution in [0.25, 0.3) is 0 Å². The molecule has 0 bridgehead atoms. The molecular weight excluding hydrogens is 435 g/mol. The molecule has 0 saturated carbocycles. The van der Waals surface area contributed by atoms with Crippen LogP contribution in [0.4, 0.5) is 24.7 Å². The van der Waals surface area contributed by atoms with E-state index >= 15 is 0 Å². The first-order valence-corrected chi connectivity index (χ1v) is 11.3. The fraction of sp³-hybridized carbons (Fsp3) is 0.421. The number of hydrogen-bond donors (Lipinski definition) is 2. The molecule has 8 nitrogen and oxygen atoms in total. The molecule has 1 aromatic heterocycles. The van der Waals surface area contributed by atoms with Gasteiger partial charge in [0.1, 0.15) is 0 Å². The molecule has 2 aliphatic rings. The molecular formula is C19H20F3N5O3S. The molecule has 0 aliphatic carbocycles. The van der Waals surface area contributed by atoms with Gasteiger partial charge in [-0.1, -0.05) is 6.07 Å². The van der Waals surface area contributed by atoms with Crippen LogP contribution < -0.4 is 10.2 Å². The molecule has 0 radical (unpaired) electrons. The van der Waals surface area contributed by atoms with Crippen LogP contribution >= 0.6 is 0 Å². The summed E-state index contributed by atoms with van der Waals surface area (Å²) < 4.78 is 65.1. The maximum Gasteiger partial charge on any atom is 0.435 e. The number of rotatable bonds is 4. The minimum atomic E-state index is -4.76. The van der Waals surface area contributed by atoms with Crippen molar-refractivity contribution in [1.82, 2.24) is 10.2 Å². The molecule has 1 amide bonds. The normalized spacial score (nSPS) is 19.3. The van der Waals surface area contributed by atoms with Crippen molar-refractivity contribution in [2.24, 2.45) is 5.41 Å². The molecule has 166 valence electrons. The Morgan fingerprint density at radius 3 is 2.52 bits per heavy atom. The number of nitrogens with one attached hydrogen (secondary N) is 2. The van der Waals surface area contributed by atoms with Crippen LogP contribution in [0.3, 0.4) is 0 Å². The van der Waals surface area contributed by atoms with Crippen molar-refractivity contribution in [2.45, 2.75) is 18.0 Å². The topological polar surface area (TPSA) is 108 Å². The molecule has 2 aromatic rings. The Kier molecular flexibility index (Phi) is 4.97. The summed E-state index contributed by atoms with van der Waals surface area (Å²) in [5.74, 6) is -0.708. The molecule has 2 N–H and O–H groups in total. The minimum absolute atomic E-state index is 0.0458. The largest absolute Gasteiger partial charge is 0.435 e. The lowest BCUT2D eigenvalue weighted by Gasteiger charge is -2.55. The maximum atomic E-state index is 13.4. The van der Waals surface area contributed by atoms with Crippen molar-refractivity contribution < 1.29 is 26.9 Å². The zero-order valence-corrected chi connectivity index (χ0v) is 17.6. The quantitative estimate of drug-likeness (QED) is 0.734. The first-order valence-electron chi connectivity index (χ1n) is 9.32. The number of alkyl halides is 3.